The van der Waals surface area contributed by atoms with Gasteiger partial charge in [-0.1, -0.05) is 36.4 Å². The molecule has 2 atom stereocenters. The van der Waals surface area contributed by atoms with Crippen LogP contribution in [0.25, 0.3) is 0 Å². The lowest BCUT2D eigenvalue weighted by molar-refractivity contribution is -0.131. The zero-order valence-corrected chi connectivity index (χ0v) is 25.5. The summed E-state index contributed by atoms with van der Waals surface area (Å²) >= 11 is 0. The van der Waals surface area contributed by atoms with E-state index in [0.29, 0.717) is 17.2 Å². The molecule has 4 aromatic carbocycles. The fourth-order valence-corrected chi connectivity index (χ4v) is 4.68. The van der Waals surface area contributed by atoms with Crippen LogP contribution < -0.4 is 21.3 Å². The molecule has 10 nitrogen and oxygen atoms in total. The van der Waals surface area contributed by atoms with Gasteiger partial charge in [0.25, 0.3) is 0 Å². The van der Waals surface area contributed by atoms with E-state index in [2.05, 4.69) is 21.3 Å². The molecule has 0 aliphatic rings. The third-order valence-electron chi connectivity index (χ3n) is 7.22. The van der Waals surface area contributed by atoms with E-state index >= 15 is 0 Å². The van der Waals surface area contributed by atoms with E-state index < -0.39 is 59.7 Å². The Labute approximate surface area is 274 Å². The average molecular weight is 663 g/mol. The van der Waals surface area contributed by atoms with Crippen molar-refractivity contribution in [2.45, 2.75) is 37.8 Å². The van der Waals surface area contributed by atoms with Crippen LogP contribution in [0.1, 0.15) is 23.1 Å². The van der Waals surface area contributed by atoms with Gasteiger partial charge in [0.05, 0.1) is 12.2 Å². The van der Waals surface area contributed by atoms with Gasteiger partial charge in [-0.2, -0.15) is 0 Å². The summed E-state index contributed by atoms with van der Waals surface area (Å²) in [5.74, 6) is -5.08. The number of hydrogen-bond donors (Lipinski definition) is 6. The summed E-state index contributed by atoms with van der Waals surface area (Å²) in [6, 6.07) is 17.6. The predicted octanol–water partition coefficient (Wildman–Crippen LogP) is 3.66. The highest BCUT2D eigenvalue weighted by atomic mass is 19.1. The second kappa shape index (κ2) is 16.6. The van der Waals surface area contributed by atoms with Crippen LogP contribution >= 0.6 is 0 Å². The number of benzene rings is 4. The van der Waals surface area contributed by atoms with Crippen molar-refractivity contribution >= 4 is 29.3 Å². The molecule has 0 saturated carbocycles. The van der Waals surface area contributed by atoms with Crippen LogP contribution in [0.15, 0.2) is 91.0 Å². The molecule has 0 heterocycles. The predicted molar refractivity (Wildman–Crippen MR) is 170 cm³/mol. The molecule has 4 aromatic rings. The maximum absolute atomic E-state index is 14.2. The Morgan fingerprint density at radius 2 is 1.10 bits per heavy atom. The van der Waals surface area contributed by atoms with Crippen molar-refractivity contribution in [1.29, 1.82) is 0 Å². The number of phenolic OH excluding ortho intramolecular Hbond substituents is 2. The first-order chi connectivity index (χ1) is 22.9. The normalized spacial score (nSPS) is 12.0. The van der Waals surface area contributed by atoms with Crippen molar-refractivity contribution < 1.29 is 42.6 Å². The van der Waals surface area contributed by atoms with E-state index in [1.165, 1.54) is 48.5 Å². The summed E-state index contributed by atoms with van der Waals surface area (Å²) in [6.07, 6.45) is 0.218. The quantitative estimate of drug-likeness (QED) is 0.121. The number of hydrogen-bond acceptors (Lipinski definition) is 6. The zero-order valence-electron chi connectivity index (χ0n) is 25.5. The van der Waals surface area contributed by atoms with Crippen molar-refractivity contribution in [2.24, 2.45) is 0 Å². The van der Waals surface area contributed by atoms with Crippen LogP contribution in [-0.4, -0.2) is 52.5 Å². The lowest BCUT2D eigenvalue weighted by atomic mass is 10.0. The van der Waals surface area contributed by atoms with Crippen molar-refractivity contribution in [3.8, 4) is 11.5 Å². The molecule has 0 bridgehead atoms. The highest BCUT2D eigenvalue weighted by Crippen LogP contribution is 2.17. The second-order valence-corrected chi connectivity index (χ2v) is 10.9. The van der Waals surface area contributed by atoms with Gasteiger partial charge in [0.1, 0.15) is 41.0 Å². The molecule has 0 aromatic heterocycles. The molecule has 48 heavy (non-hydrogen) atoms. The summed E-state index contributed by atoms with van der Waals surface area (Å²) in [4.78, 5) is 52.1. The van der Waals surface area contributed by atoms with Gasteiger partial charge in [-0.05, 0) is 71.6 Å². The first-order valence-corrected chi connectivity index (χ1v) is 14.9. The van der Waals surface area contributed by atoms with Crippen LogP contribution in [0, 0.1) is 17.5 Å². The minimum atomic E-state index is -1.28. The highest BCUT2D eigenvalue weighted by Gasteiger charge is 2.25. The first-order valence-electron chi connectivity index (χ1n) is 14.9. The molecule has 0 spiro atoms. The molecule has 6 N–H and O–H groups in total. The maximum atomic E-state index is 14.2. The Hall–Kier alpha value is -5.85. The molecule has 4 amide bonds. The van der Waals surface area contributed by atoms with Gasteiger partial charge >= 0.3 is 0 Å². The Bertz CT molecular complexity index is 1740. The molecule has 13 heteroatoms. The Balaban J connectivity index is 1.41. The average Bonchev–Trinajstić information content (AvgIpc) is 3.06. The van der Waals surface area contributed by atoms with E-state index in [-0.39, 0.29) is 42.9 Å². The summed E-state index contributed by atoms with van der Waals surface area (Å²) in [6.45, 7) is -0.597. The number of amides is 4. The first kappa shape index (κ1) is 35.0. The van der Waals surface area contributed by atoms with Gasteiger partial charge in [0, 0.05) is 25.3 Å². The summed E-state index contributed by atoms with van der Waals surface area (Å²) in [5.41, 5.74) is 1.55. The van der Waals surface area contributed by atoms with Crippen LogP contribution in [-0.2, 0) is 38.4 Å². The second-order valence-electron chi connectivity index (χ2n) is 10.9. The number of aryl methyl sites for hydroxylation is 1. The number of carbonyl (C=O) groups is 4. The van der Waals surface area contributed by atoms with E-state index in [4.69, 9.17) is 0 Å². The van der Waals surface area contributed by atoms with Gasteiger partial charge in [-0.15, -0.1) is 0 Å². The number of phenols is 2. The maximum Gasteiger partial charge on any atom is 0.247 e. The fourth-order valence-electron chi connectivity index (χ4n) is 4.68. The van der Waals surface area contributed by atoms with E-state index in [1.54, 1.807) is 24.3 Å². The molecule has 0 saturated heterocycles. The van der Waals surface area contributed by atoms with E-state index in [9.17, 15) is 42.6 Å². The third kappa shape index (κ3) is 10.9. The summed E-state index contributed by atoms with van der Waals surface area (Å²) < 4.78 is 40.8. The Morgan fingerprint density at radius 3 is 1.67 bits per heavy atom. The molecule has 250 valence electrons. The van der Waals surface area contributed by atoms with Crippen LogP contribution in [0.2, 0.25) is 0 Å². The lowest BCUT2D eigenvalue weighted by Crippen LogP contribution is -2.52. The van der Waals surface area contributed by atoms with E-state index in [0.717, 1.165) is 17.7 Å². The minimum absolute atomic E-state index is 0.00578. The zero-order chi connectivity index (χ0) is 34.6. The van der Waals surface area contributed by atoms with Crippen LogP contribution in [0.5, 0.6) is 11.5 Å². The molecule has 0 aliphatic heterocycles. The topological polar surface area (TPSA) is 157 Å². The van der Waals surface area contributed by atoms with Crippen LogP contribution in [0.3, 0.4) is 0 Å². The van der Waals surface area contributed by atoms with Gasteiger partial charge in [-0.3, -0.25) is 19.2 Å². The number of carbonyl (C=O) groups excluding carboxylic acids is 4. The van der Waals surface area contributed by atoms with Gasteiger partial charge < -0.3 is 31.5 Å². The molecular formula is C35H33F3N4O6. The number of anilines is 1. The SMILES string of the molecule is O=C(CCc1ccc(F)cc1)N[C@@H](Cc1ccc(O)cc1)C(=O)NCC(=O)N[C@@H](Cc1ccc(O)cc1)C(=O)Nc1ccc(F)cc1F. The minimum Gasteiger partial charge on any atom is -0.508 e. The third-order valence-corrected chi connectivity index (χ3v) is 7.22. The summed E-state index contributed by atoms with van der Waals surface area (Å²) in [7, 11) is 0. The van der Waals surface area contributed by atoms with Crippen LogP contribution in [0.4, 0.5) is 18.9 Å². The number of nitrogens with one attached hydrogen (secondary N) is 4. The molecule has 0 unspecified atom stereocenters. The van der Waals surface area contributed by atoms with Crippen molar-refractivity contribution in [3.05, 3.63) is 125 Å². The molecule has 0 radical (unpaired) electrons. The number of halogens is 3. The monoisotopic (exact) mass is 662 g/mol. The fraction of sp³-hybridized carbons (Fsp3) is 0.200. The number of rotatable bonds is 14. The van der Waals surface area contributed by atoms with Crippen molar-refractivity contribution in [1.82, 2.24) is 16.0 Å². The van der Waals surface area contributed by atoms with Gasteiger partial charge in [0.15, 0.2) is 0 Å². The number of aromatic hydroxyl groups is 2. The lowest BCUT2D eigenvalue weighted by Gasteiger charge is -2.21. The molecule has 4 rings (SSSR count). The Kier molecular flexibility index (Phi) is 12.1. The van der Waals surface area contributed by atoms with Crippen molar-refractivity contribution in [3.63, 3.8) is 0 Å². The Morgan fingerprint density at radius 1 is 0.604 bits per heavy atom. The molecule has 0 aliphatic carbocycles. The summed E-state index contributed by atoms with van der Waals surface area (Å²) in [5, 5.41) is 29.1. The van der Waals surface area contributed by atoms with Crippen molar-refractivity contribution in [2.75, 3.05) is 11.9 Å². The van der Waals surface area contributed by atoms with Gasteiger partial charge in [-0.25, -0.2) is 13.2 Å². The highest BCUT2D eigenvalue weighted by molar-refractivity contribution is 5.98. The van der Waals surface area contributed by atoms with E-state index in [1.807, 2.05) is 0 Å². The smallest absolute Gasteiger partial charge is 0.247 e. The largest absolute Gasteiger partial charge is 0.508 e. The molecule has 0 fully saturated rings. The molecular weight excluding hydrogens is 629 g/mol. The standard InChI is InChI=1S/C35H33F3N4O6/c36-24-8-1-21(2-9-24)7-16-32(45)40-30(17-22-3-11-26(43)12-4-22)34(47)39-20-33(46)41-31(18-23-5-13-27(44)14-6-23)35(48)42-29-15-10-25(37)19-28(29)38/h1-6,8-15,19,30-31,43-44H,7,16-18,20H2,(H,39,47)(H,40,45)(H,41,46)(H,42,48)/t30-,31-/m0/s1. The van der Waals surface area contributed by atoms with Gasteiger partial charge in [0.2, 0.25) is 23.6 Å².